The molecule has 2 aromatic carbocycles. The molecule has 5 heteroatoms. The van der Waals surface area contributed by atoms with Crippen LogP contribution >= 0.6 is 0 Å². The minimum absolute atomic E-state index is 0.0905. The molecule has 4 rings (SSSR count). The fourth-order valence-corrected chi connectivity index (χ4v) is 5.35. The standard InChI is InChI=1S/C30H36N2O3/c1-6-32(7-2)24-15-13-22(14-16-24)28-27(30(34)35-19(3)4)20(5)31-25-17-23(18-26(33)29(25)28)21-11-9-8-10-12-21/h8-16,19,23,28,31H,6-7,17-18H2,1-5H3/t23-,28+/m1/s1. The van der Waals surface area contributed by atoms with Crippen LogP contribution in [0.15, 0.2) is 77.1 Å². The summed E-state index contributed by atoms with van der Waals surface area (Å²) in [4.78, 5) is 29.2. The van der Waals surface area contributed by atoms with Gasteiger partial charge in [0.1, 0.15) is 0 Å². The van der Waals surface area contributed by atoms with Gasteiger partial charge in [0, 0.05) is 48.1 Å². The first-order chi connectivity index (χ1) is 16.8. The predicted molar refractivity (Wildman–Crippen MR) is 140 cm³/mol. The van der Waals surface area contributed by atoms with Crippen molar-refractivity contribution in [2.24, 2.45) is 0 Å². The van der Waals surface area contributed by atoms with Crippen LogP contribution in [0.4, 0.5) is 5.69 Å². The topological polar surface area (TPSA) is 58.6 Å². The van der Waals surface area contributed by atoms with Gasteiger partial charge < -0.3 is 15.0 Å². The molecule has 0 bridgehead atoms. The van der Waals surface area contributed by atoms with Crippen molar-refractivity contribution in [3.63, 3.8) is 0 Å². The van der Waals surface area contributed by atoms with E-state index in [0.717, 1.165) is 42.2 Å². The molecule has 2 atom stereocenters. The summed E-state index contributed by atoms with van der Waals surface area (Å²) >= 11 is 0. The van der Waals surface area contributed by atoms with Crippen LogP contribution in [0.25, 0.3) is 0 Å². The monoisotopic (exact) mass is 472 g/mol. The molecule has 1 N–H and O–H groups in total. The number of hydrogen-bond donors (Lipinski definition) is 1. The highest BCUT2D eigenvalue weighted by atomic mass is 16.5. The third kappa shape index (κ3) is 5.04. The van der Waals surface area contributed by atoms with Crippen LogP contribution in [-0.4, -0.2) is 30.9 Å². The van der Waals surface area contributed by atoms with Crippen LogP contribution in [0.2, 0.25) is 0 Å². The summed E-state index contributed by atoms with van der Waals surface area (Å²) in [7, 11) is 0. The van der Waals surface area contributed by atoms with Crippen molar-refractivity contribution in [1.29, 1.82) is 0 Å². The van der Waals surface area contributed by atoms with E-state index in [4.69, 9.17) is 4.74 Å². The summed E-state index contributed by atoms with van der Waals surface area (Å²) in [5, 5.41) is 3.43. The van der Waals surface area contributed by atoms with E-state index >= 15 is 0 Å². The van der Waals surface area contributed by atoms with Gasteiger partial charge in [-0.15, -0.1) is 0 Å². The number of esters is 1. The van der Waals surface area contributed by atoms with Crippen molar-refractivity contribution < 1.29 is 14.3 Å². The number of ketones is 1. The summed E-state index contributed by atoms with van der Waals surface area (Å²) in [5.41, 5.74) is 6.15. The summed E-state index contributed by atoms with van der Waals surface area (Å²) in [5.74, 6) is -0.592. The number of hydrogen-bond acceptors (Lipinski definition) is 5. The molecule has 2 aromatic rings. The van der Waals surface area contributed by atoms with E-state index in [2.05, 4.69) is 60.5 Å². The minimum Gasteiger partial charge on any atom is -0.460 e. The SMILES string of the molecule is CCN(CC)c1ccc([C@H]2C(C(=O)OC(C)C)=C(C)NC3=C2C(=O)C[C@H](c2ccccc2)C3)cc1. The molecule has 1 heterocycles. The molecule has 184 valence electrons. The number of carbonyl (C=O) groups excluding carboxylic acids is 2. The highest BCUT2D eigenvalue weighted by Crippen LogP contribution is 2.46. The molecule has 0 spiro atoms. The van der Waals surface area contributed by atoms with Crippen LogP contribution in [-0.2, 0) is 14.3 Å². The molecule has 0 saturated carbocycles. The lowest BCUT2D eigenvalue weighted by Crippen LogP contribution is -2.36. The van der Waals surface area contributed by atoms with Gasteiger partial charge in [0.2, 0.25) is 0 Å². The molecule has 1 aliphatic heterocycles. The van der Waals surface area contributed by atoms with E-state index in [1.165, 1.54) is 5.56 Å². The summed E-state index contributed by atoms with van der Waals surface area (Å²) in [6.07, 6.45) is 0.931. The highest BCUT2D eigenvalue weighted by molar-refractivity contribution is 6.04. The Hall–Kier alpha value is -3.34. The second kappa shape index (κ2) is 10.5. The molecular formula is C30H36N2O3. The largest absolute Gasteiger partial charge is 0.460 e. The van der Waals surface area contributed by atoms with Gasteiger partial charge in [-0.2, -0.15) is 0 Å². The van der Waals surface area contributed by atoms with Crippen molar-refractivity contribution >= 4 is 17.4 Å². The minimum atomic E-state index is -0.438. The van der Waals surface area contributed by atoms with E-state index < -0.39 is 5.92 Å². The Morgan fingerprint density at radius 1 is 1.00 bits per heavy atom. The van der Waals surface area contributed by atoms with Gasteiger partial charge in [-0.25, -0.2) is 4.79 Å². The van der Waals surface area contributed by atoms with Crippen LogP contribution < -0.4 is 10.2 Å². The maximum atomic E-state index is 13.7. The quantitative estimate of drug-likeness (QED) is 0.513. The number of allylic oxidation sites excluding steroid dienone is 3. The molecule has 0 fully saturated rings. The van der Waals surface area contributed by atoms with Gasteiger partial charge in [0.25, 0.3) is 0 Å². The van der Waals surface area contributed by atoms with Crippen molar-refractivity contribution in [1.82, 2.24) is 5.32 Å². The van der Waals surface area contributed by atoms with Gasteiger partial charge in [0.05, 0.1) is 11.7 Å². The molecular weight excluding hydrogens is 436 g/mol. The Kier molecular flexibility index (Phi) is 7.44. The van der Waals surface area contributed by atoms with Gasteiger partial charge in [-0.1, -0.05) is 42.5 Å². The Morgan fingerprint density at radius 3 is 2.26 bits per heavy atom. The molecule has 35 heavy (non-hydrogen) atoms. The van der Waals surface area contributed by atoms with E-state index in [9.17, 15) is 9.59 Å². The number of nitrogens with zero attached hydrogens (tertiary/aromatic N) is 1. The summed E-state index contributed by atoms with van der Waals surface area (Å²) in [6, 6.07) is 18.5. The van der Waals surface area contributed by atoms with Gasteiger partial charge in [-0.3, -0.25) is 4.79 Å². The number of benzene rings is 2. The Labute approximate surface area is 208 Å². The molecule has 0 amide bonds. The van der Waals surface area contributed by atoms with Crippen LogP contribution in [0.1, 0.15) is 70.4 Å². The average Bonchev–Trinajstić information content (AvgIpc) is 2.84. The summed E-state index contributed by atoms with van der Waals surface area (Å²) in [6.45, 7) is 11.7. The third-order valence-electron chi connectivity index (χ3n) is 7.02. The van der Waals surface area contributed by atoms with Gasteiger partial charge in [0.15, 0.2) is 5.78 Å². The van der Waals surface area contributed by atoms with E-state index in [1.54, 1.807) is 0 Å². The molecule has 0 unspecified atom stereocenters. The molecule has 2 aliphatic rings. The number of rotatable bonds is 7. The lowest BCUT2D eigenvalue weighted by atomic mass is 9.71. The first kappa shape index (κ1) is 24.8. The number of carbonyl (C=O) groups is 2. The van der Waals surface area contributed by atoms with Gasteiger partial charge in [-0.05, 0) is 70.2 Å². The molecule has 5 nitrogen and oxygen atoms in total. The van der Waals surface area contributed by atoms with Crippen LogP contribution in [0.3, 0.4) is 0 Å². The number of nitrogens with one attached hydrogen (secondary N) is 1. The fourth-order valence-electron chi connectivity index (χ4n) is 5.35. The van der Waals surface area contributed by atoms with E-state index in [-0.39, 0.29) is 23.8 Å². The van der Waals surface area contributed by atoms with Crippen molar-refractivity contribution in [2.75, 3.05) is 18.0 Å². The second-order valence-corrected chi connectivity index (χ2v) is 9.65. The third-order valence-corrected chi connectivity index (χ3v) is 7.02. The average molecular weight is 473 g/mol. The maximum absolute atomic E-state index is 13.7. The van der Waals surface area contributed by atoms with E-state index in [1.807, 2.05) is 39.0 Å². The molecule has 0 saturated heterocycles. The number of Topliss-reactive ketones (excluding diaryl/α,β-unsaturated/α-hetero) is 1. The van der Waals surface area contributed by atoms with E-state index in [0.29, 0.717) is 17.6 Å². The Balaban J connectivity index is 1.78. The molecule has 0 radical (unpaired) electrons. The van der Waals surface area contributed by atoms with Crippen LogP contribution in [0.5, 0.6) is 0 Å². The van der Waals surface area contributed by atoms with Crippen molar-refractivity contribution in [3.8, 4) is 0 Å². The van der Waals surface area contributed by atoms with Crippen molar-refractivity contribution in [2.45, 2.75) is 65.4 Å². The second-order valence-electron chi connectivity index (χ2n) is 9.65. The number of anilines is 1. The zero-order chi connectivity index (χ0) is 25.1. The Morgan fingerprint density at radius 2 is 1.66 bits per heavy atom. The zero-order valence-electron chi connectivity index (χ0n) is 21.4. The number of ether oxygens (including phenoxy) is 1. The molecule has 1 aliphatic carbocycles. The van der Waals surface area contributed by atoms with Crippen LogP contribution in [0, 0.1) is 0 Å². The predicted octanol–water partition coefficient (Wildman–Crippen LogP) is 5.85. The first-order valence-electron chi connectivity index (χ1n) is 12.7. The Bertz CT molecular complexity index is 1140. The normalized spacial score (nSPS) is 20.0. The first-order valence-corrected chi connectivity index (χ1v) is 12.7. The smallest absolute Gasteiger partial charge is 0.337 e. The lowest BCUT2D eigenvalue weighted by molar-refractivity contribution is -0.143. The zero-order valence-corrected chi connectivity index (χ0v) is 21.4. The lowest BCUT2D eigenvalue weighted by Gasteiger charge is -2.37. The maximum Gasteiger partial charge on any atom is 0.337 e. The van der Waals surface area contributed by atoms with Gasteiger partial charge >= 0.3 is 5.97 Å². The molecule has 0 aromatic heterocycles. The number of dihydropyridines is 1. The van der Waals surface area contributed by atoms with Crippen molar-refractivity contribution in [3.05, 3.63) is 88.3 Å². The fraction of sp³-hybridized carbons (Fsp3) is 0.400. The highest BCUT2D eigenvalue weighted by Gasteiger charge is 2.41. The summed E-state index contributed by atoms with van der Waals surface area (Å²) < 4.78 is 5.64.